The van der Waals surface area contributed by atoms with Crippen LogP contribution in [0.5, 0.6) is 5.75 Å². The molecule has 1 aliphatic rings. The highest BCUT2D eigenvalue weighted by Gasteiger charge is 2.17. The molecule has 0 unspecified atom stereocenters. The van der Waals surface area contributed by atoms with Gasteiger partial charge in [-0.15, -0.1) is 0 Å². The molecule has 2 aromatic rings. The van der Waals surface area contributed by atoms with Crippen LogP contribution in [0.2, 0.25) is 0 Å². The number of rotatable bonds is 2. The van der Waals surface area contributed by atoms with E-state index in [1.165, 1.54) is 10.8 Å². The first-order chi connectivity index (χ1) is 10.0. The van der Waals surface area contributed by atoms with Crippen LogP contribution in [0.4, 0.5) is 5.69 Å². The lowest BCUT2D eigenvalue weighted by molar-refractivity contribution is -0.0170. The number of nitrogens with two attached hydrogens (primary N) is 1. The van der Waals surface area contributed by atoms with Gasteiger partial charge in [-0.1, -0.05) is 0 Å². The fourth-order valence-corrected chi connectivity index (χ4v) is 2.57. The maximum absolute atomic E-state index is 11.8. The largest absolute Gasteiger partial charge is 0.467 e. The van der Waals surface area contributed by atoms with Gasteiger partial charge in [0.05, 0.1) is 17.6 Å². The first-order valence-corrected chi connectivity index (χ1v) is 6.95. The predicted molar refractivity (Wildman–Crippen MR) is 79.3 cm³/mol. The van der Waals surface area contributed by atoms with E-state index in [4.69, 9.17) is 15.2 Å². The normalized spacial score (nSPS) is 13.6. The smallest absolute Gasteiger partial charge is 0.328 e. The Hall–Kier alpha value is -2.06. The monoisotopic (exact) mass is 353 g/mol. The zero-order valence-corrected chi connectivity index (χ0v) is 12.5. The van der Waals surface area contributed by atoms with Gasteiger partial charge in [-0.25, -0.2) is 4.79 Å². The SMILES string of the molecule is Nc1cc2c(c(Cn3cc(Br)c(=O)[nH]c3=O)c1)OCOC2. The number of nitrogens with zero attached hydrogens (tertiary/aromatic N) is 1. The van der Waals surface area contributed by atoms with E-state index in [1.807, 2.05) is 0 Å². The molecule has 1 aromatic carbocycles. The third-order valence-corrected chi connectivity index (χ3v) is 3.68. The second-order valence-electron chi connectivity index (χ2n) is 4.64. The fourth-order valence-electron chi connectivity index (χ4n) is 2.23. The average Bonchev–Trinajstić information content (AvgIpc) is 2.44. The van der Waals surface area contributed by atoms with Crippen molar-refractivity contribution in [3.63, 3.8) is 0 Å². The average molecular weight is 354 g/mol. The summed E-state index contributed by atoms with van der Waals surface area (Å²) in [5.74, 6) is 0.671. The van der Waals surface area contributed by atoms with E-state index in [1.54, 1.807) is 12.1 Å². The molecule has 0 saturated heterocycles. The standard InChI is InChI=1S/C13H12BrN3O4/c14-10-4-17(13(19)16-12(10)18)3-7-1-9(15)2-8-5-20-6-21-11(7)8/h1-2,4H,3,5-6,15H2,(H,16,18,19). The van der Waals surface area contributed by atoms with Crippen LogP contribution in [0.3, 0.4) is 0 Å². The molecular formula is C13H12BrN3O4. The van der Waals surface area contributed by atoms with Crippen LogP contribution in [-0.2, 0) is 17.9 Å². The van der Waals surface area contributed by atoms with Crippen LogP contribution in [0.25, 0.3) is 0 Å². The molecule has 7 nitrogen and oxygen atoms in total. The van der Waals surface area contributed by atoms with Gasteiger partial charge in [0, 0.05) is 23.0 Å². The van der Waals surface area contributed by atoms with Gasteiger partial charge in [0.1, 0.15) is 5.75 Å². The summed E-state index contributed by atoms with van der Waals surface area (Å²) < 4.78 is 12.4. The summed E-state index contributed by atoms with van der Waals surface area (Å²) in [5, 5.41) is 0. The van der Waals surface area contributed by atoms with Crippen molar-refractivity contribution in [3.8, 4) is 5.75 Å². The Morgan fingerprint density at radius 1 is 1.38 bits per heavy atom. The van der Waals surface area contributed by atoms with Crippen molar-refractivity contribution in [2.24, 2.45) is 0 Å². The van der Waals surface area contributed by atoms with Crippen LogP contribution in [0.15, 0.2) is 32.4 Å². The van der Waals surface area contributed by atoms with Gasteiger partial charge >= 0.3 is 5.69 Å². The number of halogens is 1. The van der Waals surface area contributed by atoms with Crippen LogP contribution in [0.1, 0.15) is 11.1 Å². The Labute approximate surface area is 127 Å². The number of hydrogen-bond acceptors (Lipinski definition) is 5. The second-order valence-corrected chi connectivity index (χ2v) is 5.50. The summed E-state index contributed by atoms with van der Waals surface area (Å²) in [4.78, 5) is 25.4. The van der Waals surface area contributed by atoms with E-state index in [9.17, 15) is 9.59 Å². The Kier molecular flexibility index (Phi) is 3.56. The van der Waals surface area contributed by atoms with Gasteiger partial charge in [0.25, 0.3) is 5.56 Å². The highest BCUT2D eigenvalue weighted by Crippen LogP contribution is 2.31. The minimum atomic E-state index is -0.494. The zero-order valence-electron chi connectivity index (χ0n) is 10.9. The molecule has 0 bridgehead atoms. The lowest BCUT2D eigenvalue weighted by Gasteiger charge is -2.21. The molecule has 0 saturated carbocycles. The Morgan fingerprint density at radius 3 is 3.00 bits per heavy atom. The number of H-pyrrole nitrogens is 1. The van der Waals surface area contributed by atoms with Crippen molar-refractivity contribution in [1.29, 1.82) is 0 Å². The van der Waals surface area contributed by atoms with E-state index < -0.39 is 11.2 Å². The molecule has 3 N–H and O–H groups in total. The zero-order chi connectivity index (χ0) is 15.0. The number of nitrogens with one attached hydrogen (secondary N) is 1. The quantitative estimate of drug-likeness (QED) is 0.777. The number of nitrogen functional groups attached to an aromatic ring is 1. The molecule has 2 heterocycles. The van der Waals surface area contributed by atoms with Gasteiger partial charge < -0.3 is 15.2 Å². The number of ether oxygens (including phenoxy) is 2. The number of anilines is 1. The Bertz CT molecular complexity index is 812. The van der Waals surface area contributed by atoms with Crippen LogP contribution in [0, 0.1) is 0 Å². The molecule has 21 heavy (non-hydrogen) atoms. The van der Waals surface area contributed by atoms with E-state index in [0.29, 0.717) is 18.0 Å². The number of aromatic amines is 1. The molecule has 0 aliphatic carbocycles. The lowest BCUT2D eigenvalue weighted by Crippen LogP contribution is -2.30. The van der Waals surface area contributed by atoms with Crippen molar-refractivity contribution < 1.29 is 9.47 Å². The maximum Gasteiger partial charge on any atom is 0.328 e. The molecular weight excluding hydrogens is 342 g/mol. The van der Waals surface area contributed by atoms with Gasteiger partial charge in [0.2, 0.25) is 0 Å². The van der Waals surface area contributed by atoms with Gasteiger partial charge in [-0.2, -0.15) is 0 Å². The first-order valence-electron chi connectivity index (χ1n) is 6.15. The highest BCUT2D eigenvalue weighted by atomic mass is 79.9. The van der Waals surface area contributed by atoms with Crippen LogP contribution >= 0.6 is 15.9 Å². The fraction of sp³-hybridized carbons (Fsp3) is 0.231. The Morgan fingerprint density at radius 2 is 2.19 bits per heavy atom. The molecule has 0 spiro atoms. The van der Waals surface area contributed by atoms with E-state index in [0.717, 1.165) is 11.1 Å². The van der Waals surface area contributed by atoms with Crippen LogP contribution in [-0.4, -0.2) is 16.3 Å². The molecule has 0 amide bonds. The molecule has 110 valence electrons. The van der Waals surface area contributed by atoms with Crippen molar-refractivity contribution in [1.82, 2.24) is 9.55 Å². The second kappa shape index (κ2) is 5.38. The lowest BCUT2D eigenvalue weighted by atomic mass is 10.1. The summed E-state index contributed by atoms with van der Waals surface area (Å²) >= 11 is 3.10. The molecule has 3 rings (SSSR count). The van der Waals surface area contributed by atoms with Crippen LogP contribution < -0.4 is 21.7 Å². The summed E-state index contributed by atoms with van der Waals surface area (Å²) in [7, 11) is 0. The predicted octanol–water partition coefficient (Wildman–Crippen LogP) is 0.796. The van der Waals surface area contributed by atoms with Gasteiger partial charge in [-0.05, 0) is 28.1 Å². The summed E-state index contributed by atoms with van der Waals surface area (Å²) in [6.45, 7) is 0.813. The highest BCUT2D eigenvalue weighted by molar-refractivity contribution is 9.10. The van der Waals surface area contributed by atoms with Crippen molar-refractivity contribution in [3.05, 3.63) is 54.8 Å². The third kappa shape index (κ3) is 2.72. The first kappa shape index (κ1) is 13.9. The summed E-state index contributed by atoms with van der Waals surface area (Å²) in [6.07, 6.45) is 1.44. The topological polar surface area (TPSA) is 99.3 Å². The summed E-state index contributed by atoms with van der Waals surface area (Å²) in [6, 6.07) is 3.53. The summed E-state index contributed by atoms with van der Waals surface area (Å²) in [5.41, 5.74) is 7.07. The molecule has 1 aliphatic heterocycles. The van der Waals surface area contributed by atoms with Crippen molar-refractivity contribution in [2.45, 2.75) is 13.2 Å². The number of aromatic nitrogens is 2. The number of fused-ring (bicyclic) bond motifs is 1. The van der Waals surface area contributed by atoms with Gasteiger partial charge in [0.15, 0.2) is 6.79 Å². The molecule has 0 radical (unpaired) electrons. The minimum Gasteiger partial charge on any atom is -0.467 e. The van der Waals surface area contributed by atoms with E-state index >= 15 is 0 Å². The molecule has 1 aromatic heterocycles. The molecule has 0 fully saturated rings. The van der Waals surface area contributed by atoms with Crippen molar-refractivity contribution >= 4 is 21.6 Å². The molecule has 0 atom stereocenters. The van der Waals surface area contributed by atoms with Gasteiger partial charge in [-0.3, -0.25) is 14.3 Å². The minimum absolute atomic E-state index is 0.161. The molecule has 8 heteroatoms. The number of benzene rings is 1. The van der Waals surface area contributed by atoms with Crippen molar-refractivity contribution in [2.75, 3.05) is 12.5 Å². The third-order valence-electron chi connectivity index (χ3n) is 3.12. The van der Waals surface area contributed by atoms with E-state index in [2.05, 4.69) is 20.9 Å². The maximum atomic E-state index is 11.8. The van der Waals surface area contributed by atoms with E-state index in [-0.39, 0.29) is 17.8 Å². The Balaban J connectivity index is 2.06. The number of hydrogen-bond donors (Lipinski definition) is 2.